The molecule has 1 aromatic carbocycles. The third-order valence-corrected chi connectivity index (χ3v) is 2.39. The molecule has 1 unspecified atom stereocenters. The standard InChI is InChI=1S/C11H15NO/c1-8-6-10-7-9(4-5-12)2-3-11(10)13-8/h2-3,7-8H,4-6,12H2,1H3. The highest BCUT2D eigenvalue weighted by atomic mass is 16.5. The molecule has 2 N–H and O–H groups in total. The Hall–Kier alpha value is -1.02. The van der Waals surface area contributed by atoms with E-state index in [2.05, 4.69) is 25.1 Å². The molecule has 0 aliphatic carbocycles. The Labute approximate surface area is 78.7 Å². The van der Waals surface area contributed by atoms with E-state index in [1.165, 1.54) is 11.1 Å². The Morgan fingerprint density at radius 3 is 3.15 bits per heavy atom. The minimum Gasteiger partial charge on any atom is -0.490 e. The number of ether oxygens (including phenoxy) is 1. The van der Waals surface area contributed by atoms with Crippen molar-refractivity contribution in [2.75, 3.05) is 6.54 Å². The predicted octanol–water partition coefficient (Wildman–Crippen LogP) is 1.51. The van der Waals surface area contributed by atoms with Crippen LogP contribution in [-0.2, 0) is 12.8 Å². The number of rotatable bonds is 2. The van der Waals surface area contributed by atoms with Gasteiger partial charge in [-0.15, -0.1) is 0 Å². The second-order valence-corrected chi connectivity index (χ2v) is 3.61. The molecular formula is C11H15NO. The fourth-order valence-electron chi connectivity index (χ4n) is 1.80. The van der Waals surface area contributed by atoms with Crippen molar-refractivity contribution in [3.05, 3.63) is 29.3 Å². The molecule has 2 nitrogen and oxygen atoms in total. The summed E-state index contributed by atoms with van der Waals surface area (Å²) in [7, 11) is 0. The first kappa shape index (κ1) is 8.57. The van der Waals surface area contributed by atoms with E-state index in [9.17, 15) is 0 Å². The monoisotopic (exact) mass is 177 g/mol. The summed E-state index contributed by atoms with van der Waals surface area (Å²) in [5.41, 5.74) is 8.15. The molecule has 1 heterocycles. The highest BCUT2D eigenvalue weighted by molar-refractivity contribution is 5.40. The zero-order chi connectivity index (χ0) is 9.26. The van der Waals surface area contributed by atoms with Crippen molar-refractivity contribution >= 4 is 0 Å². The van der Waals surface area contributed by atoms with Crippen LogP contribution in [0, 0.1) is 0 Å². The summed E-state index contributed by atoms with van der Waals surface area (Å²) in [6.45, 7) is 2.82. The second kappa shape index (κ2) is 3.38. The zero-order valence-electron chi connectivity index (χ0n) is 7.92. The topological polar surface area (TPSA) is 35.2 Å². The summed E-state index contributed by atoms with van der Waals surface area (Å²) in [6, 6.07) is 6.37. The predicted molar refractivity (Wildman–Crippen MR) is 53.0 cm³/mol. The van der Waals surface area contributed by atoms with Crippen LogP contribution >= 0.6 is 0 Å². The smallest absolute Gasteiger partial charge is 0.123 e. The van der Waals surface area contributed by atoms with Crippen LogP contribution in [0.2, 0.25) is 0 Å². The van der Waals surface area contributed by atoms with E-state index < -0.39 is 0 Å². The molecule has 1 atom stereocenters. The fraction of sp³-hybridized carbons (Fsp3) is 0.455. The second-order valence-electron chi connectivity index (χ2n) is 3.61. The molecular weight excluding hydrogens is 162 g/mol. The summed E-state index contributed by atoms with van der Waals surface area (Å²) >= 11 is 0. The number of hydrogen-bond acceptors (Lipinski definition) is 2. The maximum absolute atomic E-state index is 5.61. The summed E-state index contributed by atoms with van der Waals surface area (Å²) in [5.74, 6) is 1.05. The van der Waals surface area contributed by atoms with Gasteiger partial charge in [-0.25, -0.2) is 0 Å². The highest BCUT2D eigenvalue weighted by Gasteiger charge is 2.18. The van der Waals surface area contributed by atoms with Gasteiger partial charge in [-0.05, 0) is 37.1 Å². The molecule has 1 aromatic rings. The van der Waals surface area contributed by atoms with Gasteiger partial charge in [0.2, 0.25) is 0 Å². The molecule has 0 fully saturated rings. The van der Waals surface area contributed by atoms with Gasteiger partial charge in [0, 0.05) is 6.42 Å². The van der Waals surface area contributed by atoms with E-state index in [0.29, 0.717) is 6.10 Å². The van der Waals surface area contributed by atoms with Crippen molar-refractivity contribution in [3.63, 3.8) is 0 Å². The van der Waals surface area contributed by atoms with E-state index in [1.54, 1.807) is 0 Å². The Kier molecular flexibility index (Phi) is 2.23. The Morgan fingerprint density at radius 2 is 2.38 bits per heavy atom. The Balaban J connectivity index is 2.24. The van der Waals surface area contributed by atoms with Crippen LogP contribution in [0.1, 0.15) is 18.1 Å². The van der Waals surface area contributed by atoms with Gasteiger partial charge in [0.15, 0.2) is 0 Å². The molecule has 0 amide bonds. The van der Waals surface area contributed by atoms with E-state index in [1.807, 2.05) is 0 Å². The lowest BCUT2D eigenvalue weighted by Gasteiger charge is -2.03. The molecule has 0 saturated carbocycles. The van der Waals surface area contributed by atoms with Crippen molar-refractivity contribution in [1.82, 2.24) is 0 Å². The van der Waals surface area contributed by atoms with Gasteiger partial charge in [-0.3, -0.25) is 0 Å². The average Bonchev–Trinajstić information content (AvgIpc) is 2.44. The van der Waals surface area contributed by atoms with Crippen LogP contribution in [0.15, 0.2) is 18.2 Å². The zero-order valence-corrected chi connectivity index (χ0v) is 7.92. The van der Waals surface area contributed by atoms with E-state index in [-0.39, 0.29) is 0 Å². The van der Waals surface area contributed by atoms with Crippen LogP contribution < -0.4 is 10.5 Å². The first-order valence-electron chi connectivity index (χ1n) is 4.78. The van der Waals surface area contributed by atoms with Crippen LogP contribution in [-0.4, -0.2) is 12.6 Å². The Bertz CT molecular complexity index is 309. The molecule has 70 valence electrons. The summed E-state index contributed by atoms with van der Waals surface area (Å²) in [6.07, 6.45) is 2.33. The minimum atomic E-state index is 0.336. The van der Waals surface area contributed by atoms with Gasteiger partial charge in [-0.2, -0.15) is 0 Å². The molecule has 0 saturated heterocycles. The van der Waals surface area contributed by atoms with Crippen molar-refractivity contribution in [1.29, 1.82) is 0 Å². The van der Waals surface area contributed by atoms with Gasteiger partial charge in [0.1, 0.15) is 11.9 Å². The third kappa shape index (κ3) is 1.68. The average molecular weight is 177 g/mol. The summed E-state index contributed by atoms with van der Waals surface area (Å²) in [4.78, 5) is 0. The number of nitrogens with two attached hydrogens (primary N) is 1. The largest absolute Gasteiger partial charge is 0.490 e. The number of hydrogen-bond donors (Lipinski definition) is 1. The molecule has 13 heavy (non-hydrogen) atoms. The minimum absolute atomic E-state index is 0.336. The highest BCUT2D eigenvalue weighted by Crippen LogP contribution is 2.29. The van der Waals surface area contributed by atoms with E-state index in [0.717, 1.165) is 25.1 Å². The lowest BCUT2D eigenvalue weighted by atomic mass is 10.1. The fourth-order valence-corrected chi connectivity index (χ4v) is 1.80. The maximum atomic E-state index is 5.61. The first-order valence-corrected chi connectivity index (χ1v) is 4.78. The third-order valence-electron chi connectivity index (χ3n) is 2.39. The van der Waals surface area contributed by atoms with Gasteiger partial charge < -0.3 is 10.5 Å². The van der Waals surface area contributed by atoms with Crippen molar-refractivity contribution < 1.29 is 4.74 Å². The molecule has 1 aliphatic rings. The van der Waals surface area contributed by atoms with Gasteiger partial charge in [-0.1, -0.05) is 12.1 Å². The first-order chi connectivity index (χ1) is 6.29. The SMILES string of the molecule is CC1Cc2cc(CCN)ccc2O1. The van der Waals surface area contributed by atoms with E-state index >= 15 is 0 Å². The molecule has 0 radical (unpaired) electrons. The van der Waals surface area contributed by atoms with Crippen LogP contribution in [0.4, 0.5) is 0 Å². The van der Waals surface area contributed by atoms with Crippen molar-refractivity contribution in [3.8, 4) is 5.75 Å². The van der Waals surface area contributed by atoms with Gasteiger partial charge in [0.05, 0.1) is 0 Å². The van der Waals surface area contributed by atoms with Crippen molar-refractivity contribution in [2.45, 2.75) is 25.9 Å². The van der Waals surface area contributed by atoms with Gasteiger partial charge >= 0.3 is 0 Å². The van der Waals surface area contributed by atoms with Gasteiger partial charge in [0.25, 0.3) is 0 Å². The molecule has 0 spiro atoms. The lowest BCUT2D eigenvalue weighted by Crippen LogP contribution is -2.05. The molecule has 0 aromatic heterocycles. The normalized spacial score (nSPS) is 19.7. The van der Waals surface area contributed by atoms with E-state index in [4.69, 9.17) is 10.5 Å². The molecule has 1 aliphatic heterocycles. The quantitative estimate of drug-likeness (QED) is 0.743. The number of benzene rings is 1. The van der Waals surface area contributed by atoms with Crippen LogP contribution in [0.5, 0.6) is 5.75 Å². The van der Waals surface area contributed by atoms with Crippen molar-refractivity contribution in [2.24, 2.45) is 5.73 Å². The maximum Gasteiger partial charge on any atom is 0.123 e. The molecule has 2 heteroatoms. The Morgan fingerprint density at radius 1 is 1.54 bits per heavy atom. The van der Waals surface area contributed by atoms with Crippen LogP contribution in [0.3, 0.4) is 0 Å². The summed E-state index contributed by atoms with van der Waals surface area (Å²) < 4.78 is 5.61. The lowest BCUT2D eigenvalue weighted by molar-refractivity contribution is 0.254. The van der Waals surface area contributed by atoms with Crippen LogP contribution in [0.25, 0.3) is 0 Å². The molecule has 2 rings (SSSR count). The molecule has 0 bridgehead atoms. The number of fused-ring (bicyclic) bond motifs is 1. The summed E-state index contributed by atoms with van der Waals surface area (Å²) in [5, 5.41) is 0.